The molecule has 0 aliphatic carbocycles. The molecule has 1 aliphatic heterocycles. The summed E-state index contributed by atoms with van der Waals surface area (Å²) < 4.78 is 1.21. The first-order valence-corrected chi connectivity index (χ1v) is 9.06. The first-order valence-electron chi connectivity index (χ1n) is 8.24. The molecule has 1 aliphatic rings. The zero-order chi connectivity index (χ0) is 17.1. The molecule has 124 valence electrons. The van der Waals surface area contributed by atoms with E-state index in [9.17, 15) is 5.11 Å². The van der Waals surface area contributed by atoms with Gasteiger partial charge in [-0.25, -0.2) is 4.98 Å². The van der Waals surface area contributed by atoms with Gasteiger partial charge < -0.3 is 10.0 Å². The van der Waals surface area contributed by atoms with E-state index in [2.05, 4.69) is 46.3 Å². The number of fused-ring (bicyclic) bond motifs is 2. The largest absolute Gasteiger partial charge is 0.395 e. The van der Waals surface area contributed by atoms with Crippen LogP contribution < -0.4 is 4.90 Å². The molecule has 4 heteroatoms. The van der Waals surface area contributed by atoms with E-state index in [0.717, 1.165) is 21.8 Å². The smallest absolute Gasteiger partial charge is 0.117 e. The lowest BCUT2D eigenvalue weighted by Gasteiger charge is -2.26. The van der Waals surface area contributed by atoms with E-state index in [0.29, 0.717) is 6.54 Å². The molecule has 3 aromatic rings. The molecule has 0 unspecified atom stereocenters. The van der Waals surface area contributed by atoms with Crippen molar-refractivity contribution >= 4 is 38.9 Å². The molecule has 0 bridgehead atoms. The van der Waals surface area contributed by atoms with E-state index in [1.807, 2.05) is 42.6 Å². The highest BCUT2D eigenvalue weighted by molar-refractivity contribution is 7.19. The number of nitrogens with zero attached hydrogens (tertiary/aromatic N) is 2. The van der Waals surface area contributed by atoms with E-state index >= 15 is 0 Å². The van der Waals surface area contributed by atoms with Crippen molar-refractivity contribution in [1.29, 1.82) is 0 Å². The van der Waals surface area contributed by atoms with Crippen LogP contribution in [0.25, 0.3) is 21.9 Å². The van der Waals surface area contributed by atoms with Gasteiger partial charge in [-0.3, -0.25) is 0 Å². The molecule has 4 rings (SSSR count). The van der Waals surface area contributed by atoms with Gasteiger partial charge in [0, 0.05) is 24.0 Å². The van der Waals surface area contributed by atoms with Crippen LogP contribution in [0.4, 0.5) is 5.69 Å². The second-order valence-corrected chi connectivity index (χ2v) is 6.81. The summed E-state index contributed by atoms with van der Waals surface area (Å²) in [4.78, 5) is 6.70. The quantitative estimate of drug-likeness (QED) is 0.743. The molecular weight excluding hydrogens is 328 g/mol. The number of aromatic nitrogens is 1. The van der Waals surface area contributed by atoms with Gasteiger partial charge in [0.1, 0.15) is 5.01 Å². The number of β-amino-alcohol motifs (C(OH)–C–C–N with tert-alkyl or cyclic N) is 1. The highest BCUT2D eigenvalue weighted by atomic mass is 32.1. The zero-order valence-corrected chi connectivity index (χ0v) is 14.5. The van der Waals surface area contributed by atoms with Gasteiger partial charge in [-0.1, -0.05) is 42.5 Å². The van der Waals surface area contributed by atoms with Crippen molar-refractivity contribution in [3.8, 4) is 0 Å². The predicted octanol–water partition coefficient (Wildman–Crippen LogP) is 4.72. The second kappa shape index (κ2) is 7.05. The highest BCUT2D eigenvalue weighted by Gasteiger charge is 2.14. The standard InChI is InChI=1S/C21H18N2OS/c24-15-14-23-13-12-16(17-7-1-3-9-19(17)23)6-5-11-21-22-18-8-2-4-10-20(18)25-21/h1-13,24H,14-15H2/b11-5+,16-6+. The van der Waals surface area contributed by atoms with Gasteiger partial charge in [0.25, 0.3) is 0 Å². The summed E-state index contributed by atoms with van der Waals surface area (Å²) in [5.41, 5.74) is 4.50. The van der Waals surface area contributed by atoms with Crippen molar-refractivity contribution in [2.24, 2.45) is 0 Å². The Balaban J connectivity index is 1.62. The maximum Gasteiger partial charge on any atom is 0.117 e. The summed E-state index contributed by atoms with van der Waals surface area (Å²) in [7, 11) is 0. The van der Waals surface area contributed by atoms with Gasteiger partial charge in [0.05, 0.1) is 16.8 Å². The van der Waals surface area contributed by atoms with Gasteiger partial charge >= 0.3 is 0 Å². The van der Waals surface area contributed by atoms with Crippen LogP contribution in [-0.2, 0) is 0 Å². The third-order valence-electron chi connectivity index (χ3n) is 4.12. The van der Waals surface area contributed by atoms with Gasteiger partial charge in [0.15, 0.2) is 0 Å². The molecular formula is C21H18N2OS. The zero-order valence-electron chi connectivity index (χ0n) is 13.7. The Morgan fingerprint density at radius 3 is 2.80 bits per heavy atom. The van der Waals surface area contributed by atoms with Crippen LogP contribution in [0, 0.1) is 0 Å². The summed E-state index contributed by atoms with van der Waals surface area (Å²) in [5, 5.41) is 10.2. The SMILES string of the molecule is OCCN1C=C/C(=C\C=C\c2nc3ccccc3s2)c2ccccc21. The lowest BCUT2D eigenvalue weighted by molar-refractivity contribution is 0.305. The minimum absolute atomic E-state index is 0.134. The molecule has 0 atom stereocenters. The summed E-state index contributed by atoms with van der Waals surface area (Å²) >= 11 is 1.70. The molecule has 1 aromatic heterocycles. The van der Waals surface area contributed by atoms with E-state index in [4.69, 9.17) is 0 Å². The summed E-state index contributed by atoms with van der Waals surface area (Å²) in [6.07, 6.45) is 10.3. The minimum atomic E-state index is 0.134. The minimum Gasteiger partial charge on any atom is -0.395 e. The van der Waals surface area contributed by atoms with Crippen LogP contribution in [0.15, 0.2) is 73.0 Å². The molecule has 0 spiro atoms. The van der Waals surface area contributed by atoms with Crippen LogP contribution >= 0.6 is 11.3 Å². The number of aliphatic hydroxyl groups is 1. The molecule has 0 saturated heterocycles. The Bertz CT molecular complexity index is 951. The molecule has 0 saturated carbocycles. The summed E-state index contributed by atoms with van der Waals surface area (Å²) in [5.74, 6) is 0. The number of anilines is 1. The van der Waals surface area contributed by atoms with Crippen molar-refractivity contribution < 1.29 is 5.11 Å². The first-order chi connectivity index (χ1) is 12.3. The molecule has 0 amide bonds. The number of aliphatic hydroxyl groups excluding tert-OH is 1. The number of benzene rings is 2. The average Bonchev–Trinajstić information content (AvgIpc) is 3.06. The fraction of sp³-hybridized carbons (Fsp3) is 0.0952. The number of thiazole rings is 1. The van der Waals surface area contributed by atoms with Crippen LogP contribution in [-0.4, -0.2) is 23.2 Å². The monoisotopic (exact) mass is 346 g/mol. The van der Waals surface area contributed by atoms with Gasteiger partial charge in [0.2, 0.25) is 0 Å². The Morgan fingerprint density at radius 2 is 1.92 bits per heavy atom. The van der Waals surface area contributed by atoms with Crippen LogP contribution in [0.5, 0.6) is 0 Å². The lowest BCUT2D eigenvalue weighted by Crippen LogP contribution is -2.23. The summed E-state index contributed by atoms with van der Waals surface area (Å²) in [6, 6.07) is 16.4. The fourth-order valence-electron chi connectivity index (χ4n) is 2.95. The lowest BCUT2D eigenvalue weighted by atomic mass is 9.99. The first kappa shape index (κ1) is 15.8. The average molecular weight is 346 g/mol. The second-order valence-electron chi connectivity index (χ2n) is 5.75. The Morgan fingerprint density at radius 1 is 1.08 bits per heavy atom. The fourth-order valence-corrected chi connectivity index (χ4v) is 3.83. The van der Waals surface area contributed by atoms with Crippen LogP contribution in [0.3, 0.4) is 0 Å². The third-order valence-corrected chi connectivity index (χ3v) is 5.13. The van der Waals surface area contributed by atoms with Gasteiger partial charge in [-0.2, -0.15) is 0 Å². The van der Waals surface area contributed by atoms with Crippen LogP contribution in [0.2, 0.25) is 0 Å². The molecule has 25 heavy (non-hydrogen) atoms. The summed E-state index contributed by atoms with van der Waals surface area (Å²) in [6.45, 7) is 0.734. The van der Waals surface area contributed by atoms with Crippen molar-refractivity contribution in [1.82, 2.24) is 4.98 Å². The van der Waals surface area contributed by atoms with Crippen molar-refractivity contribution in [3.05, 3.63) is 83.5 Å². The van der Waals surface area contributed by atoms with Crippen molar-refractivity contribution in [2.75, 3.05) is 18.1 Å². The van der Waals surface area contributed by atoms with E-state index in [1.54, 1.807) is 11.3 Å². The number of hydrogen-bond acceptors (Lipinski definition) is 4. The number of allylic oxidation sites excluding steroid dienone is 4. The van der Waals surface area contributed by atoms with E-state index in [-0.39, 0.29) is 6.61 Å². The maximum absolute atomic E-state index is 9.23. The number of rotatable bonds is 4. The Labute approximate surface area is 150 Å². The Hall–Kier alpha value is -2.69. The molecule has 2 heterocycles. The van der Waals surface area contributed by atoms with Gasteiger partial charge in [-0.15, -0.1) is 11.3 Å². The van der Waals surface area contributed by atoms with Crippen LogP contribution in [0.1, 0.15) is 10.6 Å². The van der Waals surface area contributed by atoms with E-state index in [1.165, 1.54) is 10.3 Å². The number of hydrogen-bond donors (Lipinski definition) is 1. The molecule has 1 N–H and O–H groups in total. The topological polar surface area (TPSA) is 36.4 Å². The molecule has 3 nitrogen and oxygen atoms in total. The van der Waals surface area contributed by atoms with Crippen molar-refractivity contribution in [3.63, 3.8) is 0 Å². The highest BCUT2D eigenvalue weighted by Crippen LogP contribution is 2.32. The molecule has 0 radical (unpaired) electrons. The maximum atomic E-state index is 9.23. The Kier molecular flexibility index (Phi) is 4.46. The van der Waals surface area contributed by atoms with Gasteiger partial charge in [-0.05, 0) is 35.9 Å². The normalized spacial score (nSPS) is 15.4. The van der Waals surface area contributed by atoms with E-state index < -0.39 is 0 Å². The number of para-hydroxylation sites is 2. The third kappa shape index (κ3) is 3.27. The van der Waals surface area contributed by atoms with Crippen molar-refractivity contribution in [2.45, 2.75) is 0 Å². The predicted molar refractivity (Wildman–Crippen MR) is 107 cm³/mol. The molecule has 2 aromatic carbocycles. The molecule has 0 fully saturated rings.